The molecule has 1 aliphatic carbocycles. The van der Waals surface area contributed by atoms with Gasteiger partial charge < -0.3 is 22.1 Å². The number of benzene rings is 1. The topological polar surface area (TPSA) is 119 Å². The molecule has 1 aromatic carbocycles. The molecule has 1 aromatic heterocycles. The van der Waals surface area contributed by atoms with E-state index in [9.17, 15) is 4.79 Å². The second-order valence-corrected chi connectivity index (χ2v) is 6.64. The van der Waals surface area contributed by atoms with E-state index >= 15 is 0 Å². The first kappa shape index (κ1) is 17.4. The Morgan fingerprint density at radius 1 is 1.16 bits per heavy atom. The summed E-state index contributed by atoms with van der Waals surface area (Å²) in [5.41, 5.74) is 12.5. The minimum Gasteiger partial charge on any atom is -0.367 e. The highest BCUT2D eigenvalue weighted by atomic mass is 35.5. The largest absolute Gasteiger partial charge is 0.367 e. The number of rotatable bonds is 5. The van der Waals surface area contributed by atoms with E-state index in [0.29, 0.717) is 16.8 Å². The first-order chi connectivity index (χ1) is 12.0. The Bertz CT molecular complexity index is 743. The summed E-state index contributed by atoms with van der Waals surface area (Å²) in [6.45, 7) is 0. The number of hydrogen-bond donors (Lipinski definition) is 4. The van der Waals surface area contributed by atoms with Crippen LogP contribution in [0, 0.1) is 0 Å². The molecule has 0 aliphatic heterocycles. The molecular formula is C17H21ClN6O. The lowest BCUT2D eigenvalue weighted by molar-refractivity contribution is 0.100. The molecule has 0 radical (unpaired) electrons. The smallest absolute Gasteiger partial charge is 0.254 e. The lowest BCUT2D eigenvalue weighted by atomic mass is 9.92. The fourth-order valence-corrected chi connectivity index (χ4v) is 2.98. The maximum atomic E-state index is 11.7. The van der Waals surface area contributed by atoms with Gasteiger partial charge in [-0.15, -0.1) is 0 Å². The van der Waals surface area contributed by atoms with Crippen LogP contribution in [0.5, 0.6) is 0 Å². The summed E-state index contributed by atoms with van der Waals surface area (Å²) in [7, 11) is 0. The fourth-order valence-electron chi connectivity index (χ4n) is 2.85. The predicted molar refractivity (Wildman–Crippen MR) is 99.1 cm³/mol. The molecule has 0 spiro atoms. The third-order valence-electron chi connectivity index (χ3n) is 4.27. The molecule has 25 heavy (non-hydrogen) atoms. The zero-order chi connectivity index (χ0) is 17.8. The number of nitrogens with one attached hydrogen (secondary N) is 2. The van der Waals surface area contributed by atoms with Crippen molar-refractivity contribution >= 4 is 35.0 Å². The van der Waals surface area contributed by atoms with Crippen molar-refractivity contribution in [2.45, 2.75) is 37.8 Å². The van der Waals surface area contributed by atoms with Gasteiger partial charge in [0.1, 0.15) is 5.82 Å². The molecule has 0 unspecified atom stereocenters. The predicted octanol–water partition coefficient (Wildman–Crippen LogP) is 2.65. The zero-order valence-electron chi connectivity index (χ0n) is 13.7. The average Bonchev–Trinajstić information content (AvgIpc) is 2.59. The number of halogens is 1. The quantitative estimate of drug-likeness (QED) is 0.650. The second-order valence-electron chi connectivity index (χ2n) is 6.21. The van der Waals surface area contributed by atoms with E-state index in [4.69, 9.17) is 23.1 Å². The Kier molecular flexibility index (Phi) is 5.35. The maximum absolute atomic E-state index is 11.7. The molecule has 132 valence electrons. The Labute approximate surface area is 151 Å². The van der Waals surface area contributed by atoms with Crippen LogP contribution in [0.15, 0.2) is 30.5 Å². The van der Waals surface area contributed by atoms with E-state index in [2.05, 4.69) is 20.6 Å². The number of carbonyl (C=O) groups is 1. The van der Waals surface area contributed by atoms with Gasteiger partial charge in [0.15, 0.2) is 0 Å². The number of aromatic nitrogens is 2. The van der Waals surface area contributed by atoms with Crippen molar-refractivity contribution in [1.82, 2.24) is 9.97 Å². The maximum Gasteiger partial charge on any atom is 0.254 e. The summed E-state index contributed by atoms with van der Waals surface area (Å²) in [6.07, 6.45) is 5.20. The Balaban J connectivity index is 1.79. The molecule has 0 atom stereocenters. The first-order valence-electron chi connectivity index (χ1n) is 8.23. The lowest BCUT2D eigenvalue weighted by Crippen LogP contribution is -2.33. The zero-order valence-corrected chi connectivity index (χ0v) is 14.5. The van der Waals surface area contributed by atoms with E-state index in [0.717, 1.165) is 31.4 Å². The Morgan fingerprint density at radius 2 is 1.84 bits per heavy atom. The average molecular weight is 361 g/mol. The minimum absolute atomic E-state index is 0.219. The number of primary amides is 1. The van der Waals surface area contributed by atoms with Crippen LogP contribution in [0.25, 0.3) is 0 Å². The number of amides is 1. The molecule has 8 heteroatoms. The van der Waals surface area contributed by atoms with Crippen molar-refractivity contribution in [2.24, 2.45) is 11.5 Å². The van der Waals surface area contributed by atoms with Gasteiger partial charge >= 0.3 is 0 Å². The molecular weight excluding hydrogens is 340 g/mol. The monoisotopic (exact) mass is 360 g/mol. The molecule has 2 aromatic rings. The van der Waals surface area contributed by atoms with Crippen LogP contribution in [0.3, 0.4) is 0 Å². The van der Waals surface area contributed by atoms with Crippen molar-refractivity contribution in [3.63, 3.8) is 0 Å². The minimum atomic E-state index is -0.562. The fraction of sp³-hybridized carbons (Fsp3) is 0.353. The van der Waals surface area contributed by atoms with E-state index in [-0.39, 0.29) is 17.6 Å². The summed E-state index contributed by atoms with van der Waals surface area (Å²) < 4.78 is 0. The molecule has 1 aliphatic rings. The highest BCUT2D eigenvalue weighted by Crippen LogP contribution is 2.24. The van der Waals surface area contributed by atoms with Gasteiger partial charge in [-0.3, -0.25) is 4.79 Å². The van der Waals surface area contributed by atoms with E-state index in [1.54, 1.807) is 12.1 Å². The summed E-state index contributed by atoms with van der Waals surface area (Å²) in [4.78, 5) is 20.3. The third-order valence-corrected chi connectivity index (χ3v) is 4.52. The van der Waals surface area contributed by atoms with Crippen molar-refractivity contribution in [3.8, 4) is 0 Å². The van der Waals surface area contributed by atoms with Gasteiger partial charge in [-0.1, -0.05) is 11.6 Å². The molecule has 1 amide bonds. The molecule has 6 N–H and O–H groups in total. The normalized spacial score (nSPS) is 20.1. The number of hydrogen-bond acceptors (Lipinski definition) is 6. The van der Waals surface area contributed by atoms with Crippen molar-refractivity contribution in [2.75, 3.05) is 10.6 Å². The van der Waals surface area contributed by atoms with Crippen LogP contribution in [-0.4, -0.2) is 28.0 Å². The van der Waals surface area contributed by atoms with Crippen LogP contribution < -0.4 is 22.1 Å². The van der Waals surface area contributed by atoms with Crippen molar-refractivity contribution in [1.29, 1.82) is 0 Å². The summed E-state index contributed by atoms with van der Waals surface area (Å²) in [6, 6.07) is 7.66. The van der Waals surface area contributed by atoms with Gasteiger partial charge in [0.2, 0.25) is 5.95 Å². The van der Waals surface area contributed by atoms with Gasteiger partial charge in [-0.25, -0.2) is 4.98 Å². The van der Waals surface area contributed by atoms with Gasteiger partial charge in [0.25, 0.3) is 5.91 Å². The summed E-state index contributed by atoms with van der Waals surface area (Å²) in [5, 5.41) is 7.05. The molecule has 1 fully saturated rings. The summed E-state index contributed by atoms with van der Waals surface area (Å²) in [5.74, 6) is 0.259. The molecule has 1 heterocycles. The standard InChI is InChI=1S/C17H21ClN6O/c18-10-1-5-13(6-2-10)23-17-21-9-14(15(20)25)16(24-17)22-12-7-3-11(19)4-8-12/h1-2,5-6,9,11-12H,3-4,7-8,19H2,(H2,20,25)(H2,21,22,23,24)/t11-,12+. The number of anilines is 3. The Hall–Kier alpha value is -2.38. The summed E-state index contributed by atoms with van der Waals surface area (Å²) >= 11 is 5.88. The van der Waals surface area contributed by atoms with Crippen LogP contribution in [0.4, 0.5) is 17.5 Å². The van der Waals surface area contributed by atoms with Crippen LogP contribution >= 0.6 is 11.6 Å². The first-order valence-corrected chi connectivity index (χ1v) is 8.60. The van der Waals surface area contributed by atoms with E-state index < -0.39 is 5.91 Å². The molecule has 0 saturated heterocycles. The molecule has 7 nitrogen and oxygen atoms in total. The SMILES string of the molecule is NC(=O)c1cnc(Nc2ccc(Cl)cc2)nc1N[C@H]1CC[C@@H](N)CC1. The van der Waals surface area contributed by atoms with Crippen molar-refractivity contribution < 1.29 is 4.79 Å². The van der Waals surface area contributed by atoms with E-state index in [1.165, 1.54) is 6.20 Å². The van der Waals surface area contributed by atoms with Crippen LogP contribution in [0.1, 0.15) is 36.0 Å². The molecule has 1 saturated carbocycles. The molecule has 3 rings (SSSR count). The van der Waals surface area contributed by atoms with Crippen LogP contribution in [0.2, 0.25) is 5.02 Å². The van der Waals surface area contributed by atoms with Crippen LogP contribution in [-0.2, 0) is 0 Å². The highest BCUT2D eigenvalue weighted by Gasteiger charge is 2.21. The van der Waals surface area contributed by atoms with Gasteiger partial charge in [-0.05, 0) is 49.9 Å². The van der Waals surface area contributed by atoms with Gasteiger partial charge in [0.05, 0.1) is 5.56 Å². The van der Waals surface area contributed by atoms with Gasteiger partial charge in [0, 0.05) is 29.0 Å². The number of carbonyl (C=O) groups excluding carboxylic acids is 1. The van der Waals surface area contributed by atoms with E-state index in [1.807, 2.05) is 12.1 Å². The van der Waals surface area contributed by atoms with Gasteiger partial charge in [-0.2, -0.15) is 4.98 Å². The van der Waals surface area contributed by atoms with Crippen molar-refractivity contribution in [3.05, 3.63) is 41.0 Å². The lowest BCUT2D eigenvalue weighted by Gasteiger charge is -2.27. The second kappa shape index (κ2) is 7.67. The highest BCUT2D eigenvalue weighted by molar-refractivity contribution is 6.30. The number of nitrogens with zero attached hydrogens (tertiary/aromatic N) is 2. The Morgan fingerprint density at radius 3 is 2.48 bits per heavy atom. The molecule has 0 bridgehead atoms. The number of nitrogens with two attached hydrogens (primary N) is 2. The third kappa shape index (κ3) is 4.58.